The molecular weight excluding hydrogens is 337 g/mol. The first-order valence-electron chi connectivity index (χ1n) is 5.73. The van der Waals surface area contributed by atoms with Gasteiger partial charge in [-0.25, -0.2) is 12.8 Å². The van der Waals surface area contributed by atoms with Crippen LogP contribution in [0.3, 0.4) is 0 Å². The van der Waals surface area contributed by atoms with Gasteiger partial charge < -0.3 is 4.90 Å². The quantitative estimate of drug-likeness (QED) is 0.818. The first-order chi connectivity index (χ1) is 8.82. The van der Waals surface area contributed by atoms with Crippen LogP contribution in [0.25, 0.3) is 0 Å². The Kier molecular flexibility index (Phi) is 3.96. The van der Waals surface area contributed by atoms with Crippen molar-refractivity contribution >= 4 is 31.7 Å². The Morgan fingerprint density at radius 3 is 2.74 bits per heavy atom. The highest BCUT2D eigenvalue weighted by atomic mass is 79.9. The maximum atomic E-state index is 13.8. The zero-order valence-electron chi connectivity index (χ0n) is 10.3. The van der Waals surface area contributed by atoms with E-state index in [1.54, 1.807) is 6.07 Å². The summed E-state index contributed by atoms with van der Waals surface area (Å²) in [5.41, 5.74) is -0.0545. The smallest absolute Gasteiger partial charge is 0.256 e. The van der Waals surface area contributed by atoms with Crippen molar-refractivity contribution in [3.05, 3.63) is 34.1 Å². The molecule has 19 heavy (non-hydrogen) atoms. The molecule has 104 valence electrons. The van der Waals surface area contributed by atoms with Crippen LogP contribution in [0.5, 0.6) is 0 Å². The zero-order chi connectivity index (χ0) is 14.2. The van der Waals surface area contributed by atoms with Crippen molar-refractivity contribution in [2.75, 3.05) is 18.6 Å². The lowest BCUT2D eigenvalue weighted by molar-refractivity contribution is 0.0743. The molecule has 1 aliphatic rings. The molecule has 0 bridgehead atoms. The summed E-state index contributed by atoms with van der Waals surface area (Å²) in [6.45, 7) is 0. The summed E-state index contributed by atoms with van der Waals surface area (Å²) in [5.74, 6) is -1.10. The molecule has 7 heteroatoms. The van der Waals surface area contributed by atoms with Crippen molar-refractivity contribution in [1.82, 2.24) is 4.90 Å². The van der Waals surface area contributed by atoms with Crippen LogP contribution >= 0.6 is 15.9 Å². The lowest BCUT2D eigenvalue weighted by atomic mass is 10.1. The fraction of sp³-hybridized carbons (Fsp3) is 0.417. The number of halogens is 2. The largest absolute Gasteiger partial charge is 0.338 e. The fourth-order valence-electron chi connectivity index (χ4n) is 2.11. The van der Waals surface area contributed by atoms with Gasteiger partial charge in [0, 0.05) is 13.1 Å². The van der Waals surface area contributed by atoms with Crippen LogP contribution in [0.2, 0.25) is 0 Å². The molecule has 1 aromatic carbocycles. The number of hydrogen-bond donors (Lipinski definition) is 0. The summed E-state index contributed by atoms with van der Waals surface area (Å²) in [4.78, 5) is 13.5. The van der Waals surface area contributed by atoms with Crippen LogP contribution in [-0.4, -0.2) is 43.8 Å². The third-order valence-electron chi connectivity index (χ3n) is 3.26. The predicted molar refractivity (Wildman–Crippen MR) is 73.3 cm³/mol. The molecule has 4 nitrogen and oxygen atoms in total. The molecule has 1 unspecified atom stereocenters. The van der Waals surface area contributed by atoms with E-state index >= 15 is 0 Å². The third-order valence-corrected chi connectivity index (χ3v) is 5.62. The standard InChI is InChI=1S/C12H13BrFNO3S/c1-15(8-5-6-19(17,18)7-8)12(16)9-3-2-4-10(13)11(9)14/h2-4,8H,5-7H2,1H3. The summed E-state index contributed by atoms with van der Waals surface area (Å²) in [6, 6.07) is 4.09. The normalized spacial score (nSPS) is 21.3. The van der Waals surface area contributed by atoms with E-state index in [2.05, 4.69) is 15.9 Å². The molecule has 1 fully saturated rings. The molecule has 0 aromatic heterocycles. The lowest BCUT2D eigenvalue weighted by Gasteiger charge is -2.23. The maximum absolute atomic E-state index is 13.8. The van der Waals surface area contributed by atoms with Gasteiger partial charge in [0.15, 0.2) is 9.84 Å². The first kappa shape index (κ1) is 14.5. The van der Waals surface area contributed by atoms with Crippen LogP contribution in [0.1, 0.15) is 16.8 Å². The fourth-order valence-corrected chi connectivity index (χ4v) is 4.25. The molecule has 1 saturated heterocycles. The van der Waals surface area contributed by atoms with Gasteiger partial charge in [0.2, 0.25) is 0 Å². The number of carbonyl (C=O) groups excluding carboxylic acids is 1. The minimum absolute atomic E-state index is 0.0507. The van der Waals surface area contributed by atoms with Crippen molar-refractivity contribution in [1.29, 1.82) is 0 Å². The third kappa shape index (κ3) is 2.97. The summed E-state index contributed by atoms with van der Waals surface area (Å²) in [6.07, 6.45) is 0.403. The number of rotatable bonds is 2. The van der Waals surface area contributed by atoms with Gasteiger partial charge in [-0.15, -0.1) is 0 Å². The number of benzene rings is 1. The van der Waals surface area contributed by atoms with Gasteiger partial charge in [-0.1, -0.05) is 6.07 Å². The Bertz CT molecular complexity index is 617. The molecule has 1 aromatic rings. The summed E-state index contributed by atoms with van der Waals surface area (Å²) < 4.78 is 36.9. The number of nitrogens with zero attached hydrogens (tertiary/aromatic N) is 1. The van der Waals surface area contributed by atoms with Crippen LogP contribution in [0.15, 0.2) is 22.7 Å². The van der Waals surface area contributed by atoms with Gasteiger partial charge >= 0.3 is 0 Å². The van der Waals surface area contributed by atoms with Gasteiger partial charge in [-0.05, 0) is 34.5 Å². The topological polar surface area (TPSA) is 54.5 Å². The summed E-state index contributed by atoms with van der Waals surface area (Å²) in [5, 5.41) is 0. The van der Waals surface area contributed by atoms with E-state index in [0.29, 0.717) is 6.42 Å². The van der Waals surface area contributed by atoms with Crippen LogP contribution in [0, 0.1) is 5.82 Å². The molecule has 1 heterocycles. The predicted octanol–water partition coefficient (Wildman–Crippen LogP) is 1.85. The van der Waals surface area contributed by atoms with E-state index in [-0.39, 0.29) is 27.6 Å². The average Bonchev–Trinajstić information content (AvgIpc) is 2.71. The number of amides is 1. The number of sulfone groups is 1. The second-order valence-corrected chi connectivity index (χ2v) is 7.66. The van der Waals surface area contributed by atoms with Gasteiger partial charge in [-0.3, -0.25) is 4.79 Å². The molecular formula is C12H13BrFNO3S. The van der Waals surface area contributed by atoms with E-state index < -0.39 is 21.6 Å². The zero-order valence-corrected chi connectivity index (χ0v) is 12.7. The SMILES string of the molecule is CN(C(=O)c1cccc(Br)c1F)C1CCS(=O)(=O)C1. The maximum Gasteiger partial charge on any atom is 0.256 e. The van der Waals surface area contributed by atoms with E-state index in [1.165, 1.54) is 24.1 Å². The molecule has 0 aliphatic carbocycles. The van der Waals surface area contributed by atoms with E-state index in [0.717, 1.165) is 0 Å². The highest BCUT2D eigenvalue weighted by Crippen LogP contribution is 2.22. The van der Waals surface area contributed by atoms with Crippen molar-refractivity contribution in [2.45, 2.75) is 12.5 Å². The van der Waals surface area contributed by atoms with Crippen LogP contribution in [-0.2, 0) is 9.84 Å². The summed E-state index contributed by atoms with van der Waals surface area (Å²) >= 11 is 3.02. The summed E-state index contributed by atoms with van der Waals surface area (Å²) in [7, 11) is -1.56. The molecule has 1 amide bonds. The van der Waals surface area contributed by atoms with Gasteiger partial charge in [0.25, 0.3) is 5.91 Å². The minimum atomic E-state index is -3.07. The lowest BCUT2D eigenvalue weighted by Crippen LogP contribution is -2.38. The van der Waals surface area contributed by atoms with E-state index in [9.17, 15) is 17.6 Å². The molecule has 0 spiro atoms. The van der Waals surface area contributed by atoms with E-state index in [1.807, 2.05) is 0 Å². The molecule has 0 radical (unpaired) electrons. The van der Waals surface area contributed by atoms with Crippen molar-refractivity contribution in [3.63, 3.8) is 0 Å². The van der Waals surface area contributed by atoms with Crippen molar-refractivity contribution < 1.29 is 17.6 Å². The molecule has 1 atom stereocenters. The first-order valence-corrected chi connectivity index (χ1v) is 8.35. The second-order valence-electron chi connectivity index (χ2n) is 4.57. The van der Waals surface area contributed by atoms with E-state index in [4.69, 9.17) is 0 Å². The molecule has 2 rings (SSSR count). The average molecular weight is 350 g/mol. The molecule has 0 saturated carbocycles. The number of carbonyl (C=O) groups is 1. The van der Waals surface area contributed by atoms with Gasteiger partial charge in [0.1, 0.15) is 5.82 Å². The van der Waals surface area contributed by atoms with Crippen molar-refractivity contribution in [3.8, 4) is 0 Å². The Balaban J connectivity index is 2.23. The van der Waals surface area contributed by atoms with Crippen molar-refractivity contribution in [2.24, 2.45) is 0 Å². The van der Waals surface area contributed by atoms with Gasteiger partial charge in [0.05, 0.1) is 21.5 Å². The van der Waals surface area contributed by atoms with Crippen LogP contribution < -0.4 is 0 Å². The Labute approximate surface area is 119 Å². The Morgan fingerprint density at radius 2 is 2.16 bits per heavy atom. The molecule has 1 aliphatic heterocycles. The monoisotopic (exact) mass is 349 g/mol. The van der Waals surface area contributed by atoms with Gasteiger partial charge in [-0.2, -0.15) is 0 Å². The highest BCUT2D eigenvalue weighted by Gasteiger charge is 2.33. The molecule has 0 N–H and O–H groups in total. The second kappa shape index (κ2) is 5.20. The Morgan fingerprint density at radius 1 is 1.47 bits per heavy atom. The highest BCUT2D eigenvalue weighted by molar-refractivity contribution is 9.10. The Hall–Kier alpha value is -0.950. The van der Waals surface area contributed by atoms with Crippen LogP contribution in [0.4, 0.5) is 4.39 Å². The number of hydrogen-bond acceptors (Lipinski definition) is 3. The minimum Gasteiger partial charge on any atom is -0.338 e.